The van der Waals surface area contributed by atoms with E-state index >= 15 is 0 Å². The van der Waals surface area contributed by atoms with Gasteiger partial charge in [0.2, 0.25) is 5.91 Å². The highest BCUT2D eigenvalue weighted by molar-refractivity contribution is 5.98. The topological polar surface area (TPSA) is 75.4 Å². The van der Waals surface area contributed by atoms with Crippen LogP contribution < -0.4 is 11.1 Å². The Morgan fingerprint density at radius 1 is 0.964 bits per heavy atom. The molecule has 2 unspecified atom stereocenters. The van der Waals surface area contributed by atoms with Crippen LogP contribution in [0.5, 0.6) is 0 Å². The molecule has 2 aromatic carbocycles. The van der Waals surface area contributed by atoms with Gasteiger partial charge in [0.05, 0.1) is 0 Å². The number of hydrogen-bond acceptors (Lipinski definition) is 3. The third-order valence-corrected chi connectivity index (χ3v) is 6.21. The molecule has 0 bridgehead atoms. The summed E-state index contributed by atoms with van der Waals surface area (Å²) in [6.07, 6.45) is 5.50. The first kappa shape index (κ1) is 18.9. The van der Waals surface area contributed by atoms with Crippen LogP contribution in [0.25, 0.3) is 10.8 Å². The van der Waals surface area contributed by atoms with Crippen LogP contribution in [0.1, 0.15) is 48.9 Å². The zero-order valence-electron chi connectivity index (χ0n) is 16.3. The van der Waals surface area contributed by atoms with Crippen LogP contribution >= 0.6 is 0 Å². The highest BCUT2D eigenvalue weighted by Gasteiger charge is 2.30. The molecule has 2 fully saturated rings. The molecule has 2 atom stereocenters. The largest absolute Gasteiger partial charge is 0.353 e. The summed E-state index contributed by atoms with van der Waals surface area (Å²) in [5.41, 5.74) is 6.75. The van der Waals surface area contributed by atoms with Crippen molar-refractivity contribution in [3.05, 3.63) is 48.0 Å². The number of nitrogens with two attached hydrogens (primary N) is 1. The van der Waals surface area contributed by atoms with Gasteiger partial charge in [-0.15, -0.1) is 0 Å². The summed E-state index contributed by atoms with van der Waals surface area (Å²) >= 11 is 0. The second-order valence-electron chi connectivity index (χ2n) is 8.26. The van der Waals surface area contributed by atoms with Crippen LogP contribution in [0.3, 0.4) is 0 Å². The normalized spacial score (nSPS) is 23.5. The lowest BCUT2D eigenvalue weighted by Crippen LogP contribution is -2.47. The third kappa shape index (κ3) is 4.20. The fourth-order valence-corrected chi connectivity index (χ4v) is 4.53. The van der Waals surface area contributed by atoms with Crippen molar-refractivity contribution in [3.8, 4) is 0 Å². The number of carbonyl (C=O) groups excluding carboxylic acids is 2. The molecule has 1 saturated carbocycles. The molecule has 148 valence electrons. The number of rotatable bonds is 3. The smallest absolute Gasteiger partial charge is 0.253 e. The maximum absolute atomic E-state index is 12.9. The Hall–Kier alpha value is -2.40. The quantitative estimate of drug-likeness (QED) is 0.861. The number of piperidine rings is 1. The van der Waals surface area contributed by atoms with Gasteiger partial charge in [-0.25, -0.2) is 0 Å². The second kappa shape index (κ2) is 8.31. The van der Waals surface area contributed by atoms with Gasteiger partial charge in [0.1, 0.15) is 0 Å². The van der Waals surface area contributed by atoms with E-state index in [1.165, 1.54) is 0 Å². The SMILES string of the molecule is NC1CCCC(NC(=O)C2CCN(C(=O)c3ccc4ccccc4c3)CC2)C1. The molecule has 1 aliphatic carbocycles. The van der Waals surface area contributed by atoms with E-state index in [4.69, 9.17) is 5.73 Å². The van der Waals surface area contributed by atoms with Crippen LogP contribution in [-0.2, 0) is 4.79 Å². The predicted octanol–water partition coefficient (Wildman–Crippen LogP) is 3.08. The highest BCUT2D eigenvalue weighted by Crippen LogP contribution is 2.23. The van der Waals surface area contributed by atoms with Gasteiger partial charge in [-0.2, -0.15) is 0 Å². The predicted molar refractivity (Wildman–Crippen MR) is 111 cm³/mol. The van der Waals surface area contributed by atoms with Gasteiger partial charge in [-0.1, -0.05) is 30.3 Å². The van der Waals surface area contributed by atoms with Gasteiger partial charge in [0.15, 0.2) is 0 Å². The first-order valence-electron chi connectivity index (χ1n) is 10.4. The van der Waals surface area contributed by atoms with Crippen molar-refractivity contribution < 1.29 is 9.59 Å². The molecule has 1 aliphatic heterocycles. The Balaban J connectivity index is 1.32. The molecule has 4 rings (SSSR count). The molecule has 2 aliphatic rings. The summed E-state index contributed by atoms with van der Waals surface area (Å²) < 4.78 is 0. The van der Waals surface area contributed by atoms with Crippen LogP contribution in [-0.4, -0.2) is 41.9 Å². The second-order valence-corrected chi connectivity index (χ2v) is 8.26. The van der Waals surface area contributed by atoms with Gasteiger partial charge < -0.3 is 16.0 Å². The van der Waals surface area contributed by atoms with E-state index in [0.29, 0.717) is 13.1 Å². The molecule has 0 radical (unpaired) electrons. The Bertz CT molecular complexity index is 858. The van der Waals surface area contributed by atoms with Crippen molar-refractivity contribution in [1.82, 2.24) is 10.2 Å². The minimum atomic E-state index is -0.00111. The molecule has 28 heavy (non-hydrogen) atoms. The lowest BCUT2D eigenvalue weighted by molar-refractivity contribution is -0.127. The molecular formula is C23H29N3O2. The molecule has 3 N–H and O–H groups in total. The third-order valence-electron chi connectivity index (χ3n) is 6.21. The Labute approximate surface area is 166 Å². The fraction of sp³-hybridized carbons (Fsp3) is 0.478. The number of fused-ring (bicyclic) bond motifs is 1. The zero-order chi connectivity index (χ0) is 19.5. The van der Waals surface area contributed by atoms with Crippen LogP contribution in [0.15, 0.2) is 42.5 Å². The lowest BCUT2D eigenvalue weighted by atomic mass is 9.90. The van der Waals surface area contributed by atoms with Crippen molar-refractivity contribution in [2.75, 3.05) is 13.1 Å². The van der Waals surface area contributed by atoms with E-state index in [1.54, 1.807) is 0 Å². The van der Waals surface area contributed by atoms with Gasteiger partial charge in [0.25, 0.3) is 5.91 Å². The summed E-state index contributed by atoms with van der Waals surface area (Å²) in [5, 5.41) is 5.41. The number of nitrogens with one attached hydrogen (secondary N) is 1. The van der Waals surface area contributed by atoms with Crippen molar-refractivity contribution in [1.29, 1.82) is 0 Å². The summed E-state index contributed by atoms with van der Waals surface area (Å²) in [6.45, 7) is 1.27. The van der Waals surface area contributed by atoms with Gasteiger partial charge in [-0.3, -0.25) is 9.59 Å². The van der Waals surface area contributed by atoms with Gasteiger partial charge in [-0.05, 0) is 61.4 Å². The van der Waals surface area contributed by atoms with Crippen LogP contribution in [0, 0.1) is 5.92 Å². The number of carbonyl (C=O) groups is 2. The van der Waals surface area contributed by atoms with E-state index in [-0.39, 0.29) is 29.8 Å². The number of nitrogens with zero attached hydrogens (tertiary/aromatic N) is 1. The van der Waals surface area contributed by atoms with Gasteiger partial charge in [0, 0.05) is 36.7 Å². The summed E-state index contributed by atoms with van der Waals surface area (Å²) in [5.74, 6) is 0.193. The summed E-state index contributed by atoms with van der Waals surface area (Å²) in [7, 11) is 0. The number of amides is 2. The van der Waals surface area contributed by atoms with Crippen molar-refractivity contribution >= 4 is 22.6 Å². The number of hydrogen-bond donors (Lipinski definition) is 2. The first-order valence-corrected chi connectivity index (χ1v) is 10.4. The van der Waals surface area contributed by atoms with Crippen molar-refractivity contribution in [2.45, 2.75) is 50.6 Å². The summed E-state index contributed by atoms with van der Waals surface area (Å²) in [4.78, 5) is 27.4. The molecule has 5 heteroatoms. The standard InChI is InChI=1S/C23H29N3O2/c24-20-6-3-7-21(15-20)25-22(27)17-10-12-26(13-11-17)23(28)19-9-8-16-4-1-2-5-18(16)14-19/h1-2,4-5,8-9,14,17,20-21H,3,6-7,10-13,15,24H2,(H,25,27). The Morgan fingerprint density at radius 3 is 2.46 bits per heavy atom. The molecule has 0 aromatic heterocycles. The van der Waals surface area contributed by atoms with Crippen molar-refractivity contribution in [2.24, 2.45) is 11.7 Å². The van der Waals surface area contributed by atoms with E-state index < -0.39 is 0 Å². The Kier molecular flexibility index (Phi) is 5.62. The van der Waals surface area contributed by atoms with Crippen molar-refractivity contribution in [3.63, 3.8) is 0 Å². The molecule has 1 heterocycles. The van der Waals surface area contributed by atoms with E-state index in [0.717, 1.165) is 54.9 Å². The van der Waals surface area contributed by atoms with E-state index in [2.05, 4.69) is 5.32 Å². The molecular weight excluding hydrogens is 350 g/mol. The fourth-order valence-electron chi connectivity index (χ4n) is 4.53. The molecule has 2 amide bonds. The molecule has 5 nitrogen and oxygen atoms in total. The lowest BCUT2D eigenvalue weighted by Gasteiger charge is -2.33. The van der Waals surface area contributed by atoms with Crippen LogP contribution in [0.4, 0.5) is 0 Å². The molecule has 1 saturated heterocycles. The van der Waals surface area contributed by atoms with E-state index in [9.17, 15) is 9.59 Å². The zero-order valence-corrected chi connectivity index (χ0v) is 16.3. The summed E-state index contributed by atoms with van der Waals surface area (Å²) in [6, 6.07) is 14.3. The monoisotopic (exact) mass is 379 g/mol. The maximum atomic E-state index is 12.9. The average Bonchev–Trinajstić information content (AvgIpc) is 2.73. The number of likely N-dealkylation sites (tertiary alicyclic amines) is 1. The maximum Gasteiger partial charge on any atom is 0.253 e. The number of benzene rings is 2. The van der Waals surface area contributed by atoms with Gasteiger partial charge >= 0.3 is 0 Å². The average molecular weight is 380 g/mol. The van der Waals surface area contributed by atoms with E-state index in [1.807, 2.05) is 47.4 Å². The Morgan fingerprint density at radius 2 is 1.71 bits per heavy atom. The minimum absolute atomic E-state index is 0.00111. The van der Waals surface area contributed by atoms with Crippen LogP contribution in [0.2, 0.25) is 0 Å². The minimum Gasteiger partial charge on any atom is -0.353 e. The first-order chi connectivity index (χ1) is 13.6. The highest BCUT2D eigenvalue weighted by atomic mass is 16.2. The molecule has 2 aromatic rings. The molecule has 0 spiro atoms.